The summed E-state index contributed by atoms with van der Waals surface area (Å²) in [5.74, 6) is 2.10. The van der Waals surface area contributed by atoms with Gasteiger partial charge in [-0.2, -0.15) is 0 Å². The van der Waals surface area contributed by atoms with Gasteiger partial charge < -0.3 is 15.2 Å². The molecular weight excluding hydrogens is 226 g/mol. The zero-order chi connectivity index (χ0) is 13.4. The van der Waals surface area contributed by atoms with Crippen molar-refractivity contribution in [3.8, 4) is 0 Å². The Hall–Kier alpha value is -0.870. The van der Waals surface area contributed by atoms with Crippen molar-refractivity contribution in [1.29, 1.82) is 0 Å². The topological polar surface area (TPSA) is 50.1 Å². The minimum atomic E-state index is 0.409. The quantitative estimate of drug-likeness (QED) is 0.664. The van der Waals surface area contributed by atoms with Crippen molar-refractivity contribution in [2.45, 2.75) is 46.6 Å². The van der Waals surface area contributed by atoms with Crippen LogP contribution < -0.4 is 10.6 Å². The van der Waals surface area contributed by atoms with Gasteiger partial charge >= 0.3 is 0 Å². The van der Waals surface area contributed by atoms with Crippen LogP contribution in [0.2, 0.25) is 0 Å². The molecule has 0 saturated carbocycles. The van der Waals surface area contributed by atoms with Gasteiger partial charge in [0.25, 0.3) is 0 Å². The predicted octanol–water partition coefficient (Wildman–Crippen LogP) is 2.52. The minimum Gasteiger partial charge on any atom is -0.361 e. The van der Waals surface area contributed by atoms with Crippen LogP contribution >= 0.6 is 0 Å². The molecule has 4 heteroatoms. The van der Waals surface area contributed by atoms with Crippen LogP contribution in [0.4, 0.5) is 0 Å². The van der Waals surface area contributed by atoms with Crippen molar-refractivity contribution >= 4 is 0 Å². The molecule has 0 radical (unpaired) electrons. The zero-order valence-corrected chi connectivity index (χ0v) is 12.1. The monoisotopic (exact) mass is 253 g/mol. The summed E-state index contributed by atoms with van der Waals surface area (Å²) in [5.41, 5.74) is 0.994. The summed E-state index contributed by atoms with van der Waals surface area (Å²) < 4.78 is 5.25. The van der Waals surface area contributed by atoms with Crippen molar-refractivity contribution < 1.29 is 4.52 Å². The van der Waals surface area contributed by atoms with Crippen LogP contribution in [0, 0.1) is 5.92 Å². The molecule has 104 valence electrons. The van der Waals surface area contributed by atoms with Gasteiger partial charge in [0, 0.05) is 18.5 Å². The highest BCUT2D eigenvalue weighted by molar-refractivity contribution is 5.08. The normalized spacial score (nSPS) is 11.7. The molecule has 1 aromatic heterocycles. The van der Waals surface area contributed by atoms with Crippen molar-refractivity contribution in [2.24, 2.45) is 5.92 Å². The molecule has 0 bridgehead atoms. The summed E-state index contributed by atoms with van der Waals surface area (Å²) in [5, 5.41) is 10.8. The van der Waals surface area contributed by atoms with Gasteiger partial charge in [0.05, 0.1) is 5.69 Å². The van der Waals surface area contributed by atoms with E-state index in [4.69, 9.17) is 4.52 Å². The van der Waals surface area contributed by atoms with Crippen LogP contribution in [0.1, 0.15) is 51.5 Å². The summed E-state index contributed by atoms with van der Waals surface area (Å²) in [4.78, 5) is 0. The zero-order valence-electron chi connectivity index (χ0n) is 12.1. The van der Waals surface area contributed by atoms with Crippen LogP contribution in [-0.2, 0) is 6.54 Å². The number of nitrogens with one attached hydrogen (secondary N) is 2. The average molecular weight is 253 g/mol. The standard InChI is InChI=1S/C14H27N3O/c1-11(2)9-15-6-5-7-16-10-13-8-14(12(3)4)18-17-13/h8,11-12,15-16H,5-7,9-10H2,1-4H3. The van der Waals surface area contributed by atoms with Crippen molar-refractivity contribution in [2.75, 3.05) is 19.6 Å². The maximum absolute atomic E-state index is 5.25. The Balaban J connectivity index is 2.03. The fourth-order valence-corrected chi connectivity index (χ4v) is 1.63. The number of hydrogen-bond donors (Lipinski definition) is 2. The average Bonchev–Trinajstić information content (AvgIpc) is 2.76. The van der Waals surface area contributed by atoms with Crippen LogP contribution in [0.15, 0.2) is 10.6 Å². The van der Waals surface area contributed by atoms with Gasteiger partial charge in [0.2, 0.25) is 0 Å². The molecule has 0 amide bonds. The van der Waals surface area contributed by atoms with Crippen LogP contribution in [-0.4, -0.2) is 24.8 Å². The number of aromatic nitrogens is 1. The van der Waals surface area contributed by atoms with E-state index in [-0.39, 0.29) is 0 Å². The molecule has 0 atom stereocenters. The smallest absolute Gasteiger partial charge is 0.139 e. The lowest BCUT2D eigenvalue weighted by molar-refractivity contribution is 0.364. The Labute approximate surface area is 111 Å². The highest BCUT2D eigenvalue weighted by Gasteiger charge is 2.06. The van der Waals surface area contributed by atoms with E-state index in [1.165, 1.54) is 0 Å². The Morgan fingerprint density at radius 3 is 2.50 bits per heavy atom. The molecule has 0 aliphatic rings. The predicted molar refractivity (Wildman–Crippen MR) is 74.6 cm³/mol. The highest BCUT2D eigenvalue weighted by Crippen LogP contribution is 2.14. The van der Waals surface area contributed by atoms with E-state index in [1.807, 2.05) is 6.07 Å². The summed E-state index contributed by atoms with van der Waals surface area (Å²) in [6, 6.07) is 2.04. The number of hydrogen-bond acceptors (Lipinski definition) is 4. The second-order valence-electron chi connectivity index (χ2n) is 5.50. The molecule has 1 heterocycles. The Bertz CT molecular complexity index is 321. The second-order valence-corrected chi connectivity index (χ2v) is 5.50. The van der Waals surface area contributed by atoms with Crippen LogP contribution in [0.5, 0.6) is 0 Å². The van der Waals surface area contributed by atoms with E-state index in [0.717, 1.165) is 50.0 Å². The molecule has 4 nitrogen and oxygen atoms in total. The SMILES string of the molecule is CC(C)CNCCCNCc1cc(C(C)C)on1. The molecule has 0 fully saturated rings. The fourth-order valence-electron chi connectivity index (χ4n) is 1.63. The maximum Gasteiger partial charge on any atom is 0.139 e. The van der Waals surface area contributed by atoms with Gasteiger partial charge in [0.15, 0.2) is 0 Å². The Morgan fingerprint density at radius 2 is 1.89 bits per heavy atom. The lowest BCUT2D eigenvalue weighted by Gasteiger charge is -2.07. The highest BCUT2D eigenvalue weighted by atomic mass is 16.5. The maximum atomic E-state index is 5.25. The van der Waals surface area contributed by atoms with Crippen molar-refractivity contribution in [3.63, 3.8) is 0 Å². The molecule has 0 aliphatic heterocycles. The third-order valence-corrected chi connectivity index (χ3v) is 2.71. The fraction of sp³-hybridized carbons (Fsp3) is 0.786. The van der Waals surface area contributed by atoms with E-state index in [0.29, 0.717) is 5.92 Å². The molecule has 2 N–H and O–H groups in total. The van der Waals surface area contributed by atoms with Gasteiger partial charge in [-0.05, 0) is 32.0 Å². The molecule has 1 rings (SSSR count). The van der Waals surface area contributed by atoms with Crippen LogP contribution in [0.3, 0.4) is 0 Å². The lowest BCUT2D eigenvalue weighted by Crippen LogP contribution is -2.24. The van der Waals surface area contributed by atoms with Gasteiger partial charge in [-0.1, -0.05) is 32.9 Å². The van der Waals surface area contributed by atoms with Crippen molar-refractivity contribution in [1.82, 2.24) is 15.8 Å². The molecule has 0 saturated heterocycles. The lowest BCUT2D eigenvalue weighted by atomic mass is 10.1. The van der Waals surface area contributed by atoms with E-state index in [1.54, 1.807) is 0 Å². The molecule has 18 heavy (non-hydrogen) atoms. The number of rotatable bonds is 9. The van der Waals surface area contributed by atoms with Crippen LogP contribution in [0.25, 0.3) is 0 Å². The first-order valence-electron chi connectivity index (χ1n) is 6.96. The Kier molecular flexibility index (Phi) is 6.98. The summed E-state index contributed by atoms with van der Waals surface area (Å²) >= 11 is 0. The van der Waals surface area contributed by atoms with E-state index in [9.17, 15) is 0 Å². The first kappa shape index (κ1) is 15.2. The third-order valence-electron chi connectivity index (χ3n) is 2.71. The minimum absolute atomic E-state index is 0.409. The van der Waals surface area contributed by atoms with Gasteiger partial charge in [-0.3, -0.25) is 0 Å². The van der Waals surface area contributed by atoms with Crippen molar-refractivity contribution in [3.05, 3.63) is 17.5 Å². The summed E-state index contributed by atoms with van der Waals surface area (Å²) in [6.07, 6.45) is 1.14. The summed E-state index contributed by atoms with van der Waals surface area (Å²) in [7, 11) is 0. The first-order valence-corrected chi connectivity index (χ1v) is 6.96. The largest absolute Gasteiger partial charge is 0.361 e. The van der Waals surface area contributed by atoms with E-state index >= 15 is 0 Å². The molecule has 0 aliphatic carbocycles. The van der Waals surface area contributed by atoms with Gasteiger partial charge in [0.1, 0.15) is 5.76 Å². The molecule has 1 aromatic rings. The molecule has 0 unspecified atom stereocenters. The Morgan fingerprint density at radius 1 is 1.17 bits per heavy atom. The van der Waals surface area contributed by atoms with E-state index in [2.05, 4.69) is 43.5 Å². The third kappa shape index (κ3) is 6.17. The van der Waals surface area contributed by atoms with E-state index < -0.39 is 0 Å². The molecule has 0 aromatic carbocycles. The second kappa shape index (κ2) is 8.27. The first-order chi connectivity index (χ1) is 8.59. The molecule has 0 spiro atoms. The summed E-state index contributed by atoms with van der Waals surface area (Å²) in [6.45, 7) is 12.6. The number of nitrogens with zero attached hydrogens (tertiary/aromatic N) is 1. The molecular formula is C14H27N3O. The van der Waals surface area contributed by atoms with Gasteiger partial charge in [-0.15, -0.1) is 0 Å². The van der Waals surface area contributed by atoms with Gasteiger partial charge in [-0.25, -0.2) is 0 Å².